The Bertz CT molecular complexity index is 652. The lowest BCUT2D eigenvalue weighted by molar-refractivity contribution is -0.142. The van der Waals surface area contributed by atoms with E-state index in [1.807, 2.05) is 0 Å². The molecule has 0 aliphatic carbocycles. The van der Waals surface area contributed by atoms with Gasteiger partial charge in [0.1, 0.15) is 11.8 Å². The molecule has 144 valence electrons. The Balaban J connectivity index is 2.69. The number of hydrogen-bond donors (Lipinski definition) is 6. The van der Waals surface area contributed by atoms with Crippen molar-refractivity contribution in [3.8, 4) is 5.75 Å². The topological polar surface area (TPSA) is 149 Å². The fourth-order valence-corrected chi connectivity index (χ4v) is 2.77. The Hall–Kier alpha value is -2.77. The zero-order valence-corrected chi connectivity index (χ0v) is 15.4. The third-order valence-corrected chi connectivity index (χ3v) is 4.28. The minimum atomic E-state index is -1.10. The molecule has 0 aromatic heterocycles. The number of nitrogens with two attached hydrogens (primary N) is 1. The molecule has 0 heterocycles. The van der Waals surface area contributed by atoms with Gasteiger partial charge in [-0.3, -0.25) is 10.2 Å². The van der Waals surface area contributed by atoms with Crippen molar-refractivity contribution in [1.29, 1.82) is 5.41 Å². The lowest BCUT2D eigenvalue weighted by atomic mass is 9.95. The summed E-state index contributed by atoms with van der Waals surface area (Å²) in [6.07, 6.45) is 1.34. The van der Waals surface area contributed by atoms with Crippen LogP contribution in [0.25, 0.3) is 0 Å². The zero-order valence-electron chi connectivity index (χ0n) is 15.4. The summed E-state index contributed by atoms with van der Waals surface area (Å²) in [7, 11) is 0. The van der Waals surface area contributed by atoms with Crippen molar-refractivity contribution in [3.63, 3.8) is 0 Å². The number of carboxylic acid groups (broad SMARTS) is 1. The van der Waals surface area contributed by atoms with E-state index in [4.69, 9.17) is 11.1 Å². The van der Waals surface area contributed by atoms with Crippen molar-refractivity contribution in [2.24, 2.45) is 11.7 Å². The van der Waals surface area contributed by atoms with Crippen LogP contribution in [0.5, 0.6) is 5.75 Å². The molecule has 0 bridgehead atoms. The summed E-state index contributed by atoms with van der Waals surface area (Å²) in [6, 6.07) is 2.11. The number of amides is 1. The van der Waals surface area contributed by atoms with Crippen LogP contribution in [0.1, 0.15) is 36.5 Å². The summed E-state index contributed by atoms with van der Waals surface area (Å²) >= 11 is 0. The molecule has 8 heteroatoms. The second-order valence-corrected chi connectivity index (χ2v) is 6.55. The molecule has 1 amide bonds. The average molecular weight is 364 g/mol. The van der Waals surface area contributed by atoms with Crippen LogP contribution in [-0.2, 0) is 16.0 Å². The Morgan fingerprint density at radius 3 is 2.35 bits per heavy atom. The van der Waals surface area contributed by atoms with Gasteiger partial charge in [-0.2, -0.15) is 0 Å². The predicted molar refractivity (Wildman–Crippen MR) is 99.2 cm³/mol. The highest BCUT2D eigenvalue weighted by molar-refractivity contribution is 5.85. The third-order valence-electron chi connectivity index (χ3n) is 4.28. The number of aromatic hydroxyl groups is 1. The van der Waals surface area contributed by atoms with E-state index in [-0.39, 0.29) is 30.0 Å². The van der Waals surface area contributed by atoms with Crippen molar-refractivity contribution in [3.05, 3.63) is 28.8 Å². The number of benzene rings is 1. The van der Waals surface area contributed by atoms with Crippen molar-refractivity contribution < 1.29 is 19.8 Å². The molecule has 7 N–H and O–H groups in total. The number of carboxylic acids is 1. The third kappa shape index (κ3) is 6.62. The van der Waals surface area contributed by atoms with Crippen molar-refractivity contribution in [1.82, 2.24) is 10.6 Å². The first-order valence-corrected chi connectivity index (χ1v) is 8.52. The number of aliphatic carboxylic acids is 1. The smallest absolute Gasteiger partial charge is 0.326 e. The first-order valence-electron chi connectivity index (χ1n) is 8.52. The standard InChI is InChI=1S/C18H28N4O4/c1-10(5-4-6-21-18(19)20)16(24)22-15(17(25)26)9-14-11(2)7-13(23)8-12(14)3/h7-8,10,15,23H,4-6,9H2,1-3H3,(H,22,24)(H,25,26)(H4,19,20,21)/t10-,15?/m1/s1. The Morgan fingerprint density at radius 2 is 1.85 bits per heavy atom. The minimum Gasteiger partial charge on any atom is -0.508 e. The Labute approximate surface area is 153 Å². The molecule has 26 heavy (non-hydrogen) atoms. The molecule has 1 rings (SSSR count). The van der Waals surface area contributed by atoms with Gasteiger partial charge in [0.25, 0.3) is 0 Å². The maximum Gasteiger partial charge on any atom is 0.326 e. The molecule has 0 aliphatic heterocycles. The quantitative estimate of drug-likeness (QED) is 0.219. The molecular weight excluding hydrogens is 336 g/mol. The lowest BCUT2D eigenvalue weighted by Crippen LogP contribution is -2.44. The molecule has 1 unspecified atom stereocenters. The van der Waals surface area contributed by atoms with Crippen molar-refractivity contribution in [2.75, 3.05) is 6.54 Å². The van der Waals surface area contributed by atoms with Crippen molar-refractivity contribution >= 4 is 17.8 Å². The number of guanidine groups is 1. The molecule has 0 saturated carbocycles. The van der Waals surface area contributed by atoms with Gasteiger partial charge in [0.05, 0.1) is 0 Å². The van der Waals surface area contributed by atoms with Crippen molar-refractivity contribution in [2.45, 2.75) is 46.1 Å². The van der Waals surface area contributed by atoms with E-state index in [1.54, 1.807) is 32.9 Å². The predicted octanol–water partition coefficient (Wildman–Crippen LogP) is 1.02. The fraction of sp³-hybridized carbons (Fsp3) is 0.500. The number of phenols is 1. The van der Waals surface area contributed by atoms with Gasteiger partial charge in [0.2, 0.25) is 5.91 Å². The Morgan fingerprint density at radius 1 is 1.27 bits per heavy atom. The summed E-state index contributed by atoms with van der Waals surface area (Å²) in [4.78, 5) is 23.9. The number of nitrogens with one attached hydrogen (secondary N) is 3. The van der Waals surface area contributed by atoms with Crippen LogP contribution in [0, 0.1) is 25.2 Å². The van der Waals surface area contributed by atoms with E-state index in [2.05, 4.69) is 10.6 Å². The molecule has 8 nitrogen and oxygen atoms in total. The Kier molecular flexibility index (Phi) is 7.89. The second-order valence-electron chi connectivity index (χ2n) is 6.55. The van der Waals surface area contributed by atoms with Gasteiger partial charge in [-0.25, -0.2) is 4.79 Å². The average Bonchev–Trinajstić information content (AvgIpc) is 2.52. The molecule has 1 aromatic rings. The van der Waals surface area contributed by atoms with Gasteiger partial charge in [-0.05, 0) is 55.5 Å². The van der Waals surface area contributed by atoms with E-state index in [9.17, 15) is 19.8 Å². The van der Waals surface area contributed by atoms with Gasteiger partial charge in [0, 0.05) is 18.9 Å². The summed E-state index contributed by atoms with van der Waals surface area (Å²) in [5, 5.41) is 31.4. The normalized spacial score (nSPS) is 12.9. The SMILES string of the molecule is Cc1cc(O)cc(C)c1CC(NC(=O)[C@H](C)CCCNC(=N)N)C(=O)O. The largest absolute Gasteiger partial charge is 0.508 e. The van der Waals surface area contributed by atoms with Gasteiger partial charge in [-0.1, -0.05) is 6.92 Å². The highest BCUT2D eigenvalue weighted by Crippen LogP contribution is 2.22. The molecular formula is C18H28N4O4. The highest BCUT2D eigenvalue weighted by Gasteiger charge is 2.24. The number of carbonyl (C=O) groups excluding carboxylic acids is 1. The van der Waals surface area contributed by atoms with Crippen LogP contribution in [0.4, 0.5) is 0 Å². The fourth-order valence-electron chi connectivity index (χ4n) is 2.77. The number of carbonyl (C=O) groups is 2. The number of aryl methyl sites for hydroxylation is 2. The summed E-state index contributed by atoms with van der Waals surface area (Å²) in [6.45, 7) is 5.82. The van der Waals surface area contributed by atoms with Gasteiger partial charge in [-0.15, -0.1) is 0 Å². The number of phenolic OH excluding ortho intramolecular Hbond substituents is 1. The molecule has 0 aliphatic rings. The van der Waals surface area contributed by atoms with Gasteiger partial charge in [0.15, 0.2) is 5.96 Å². The second kappa shape index (κ2) is 9.65. The van der Waals surface area contributed by atoms with Crippen LogP contribution in [0.2, 0.25) is 0 Å². The summed E-state index contributed by atoms with van der Waals surface area (Å²) in [5.41, 5.74) is 7.55. The van der Waals surface area contributed by atoms with E-state index >= 15 is 0 Å². The van der Waals surface area contributed by atoms with E-state index in [1.165, 1.54) is 0 Å². The minimum absolute atomic E-state index is 0.118. The first kappa shape index (κ1) is 21.3. The summed E-state index contributed by atoms with van der Waals surface area (Å²) < 4.78 is 0. The van der Waals surface area contributed by atoms with E-state index < -0.39 is 12.0 Å². The van der Waals surface area contributed by atoms with Crippen LogP contribution in [0.15, 0.2) is 12.1 Å². The van der Waals surface area contributed by atoms with Crippen LogP contribution >= 0.6 is 0 Å². The zero-order chi connectivity index (χ0) is 19.9. The monoisotopic (exact) mass is 364 g/mol. The molecule has 0 radical (unpaired) electrons. The molecule has 0 saturated heterocycles. The maximum absolute atomic E-state index is 12.3. The van der Waals surface area contributed by atoms with E-state index in [0.717, 1.165) is 16.7 Å². The summed E-state index contributed by atoms with van der Waals surface area (Å²) in [5.74, 6) is -1.77. The van der Waals surface area contributed by atoms with E-state index in [0.29, 0.717) is 19.4 Å². The molecule has 2 atom stereocenters. The van der Waals surface area contributed by atoms with Crippen LogP contribution < -0.4 is 16.4 Å². The molecule has 0 fully saturated rings. The van der Waals surface area contributed by atoms with Crippen LogP contribution in [0.3, 0.4) is 0 Å². The van der Waals surface area contributed by atoms with Gasteiger partial charge < -0.3 is 26.6 Å². The lowest BCUT2D eigenvalue weighted by Gasteiger charge is -2.20. The molecule has 0 spiro atoms. The van der Waals surface area contributed by atoms with Gasteiger partial charge >= 0.3 is 5.97 Å². The first-order chi connectivity index (χ1) is 12.1. The number of rotatable bonds is 9. The number of hydrogen-bond acceptors (Lipinski definition) is 4. The highest BCUT2D eigenvalue weighted by atomic mass is 16.4. The van der Waals surface area contributed by atoms with Crippen LogP contribution in [-0.4, -0.2) is 40.6 Å². The molecule has 1 aromatic carbocycles. The maximum atomic E-state index is 12.3.